The van der Waals surface area contributed by atoms with Gasteiger partial charge < -0.3 is 9.47 Å². The van der Waals surface area contributed by atoms with Crippen molar-refractivity contribution in [2.24, 2.45) is 7.05 Å². The summed E-state index contributed by atoms with van der Waals surface area (Å²) in [6, 6.07) is 12.8. The molecule has 1 aliphatic heterocycles. The molecule has 0 bridgehead atoms. The van der Waals surface area contributed by atoms with Gasteiger partial charge in [-0.15, -0.1) is 0 Å². The zero-order valence-corrected chi connectivity index (χ0v) is 15.1. The summed E-state index contributed by atoms with van der Waals surface area (Å²) in [7, 11) is -1.32. The number of hydrogen-bond donors (Lipinski definition) is 0. The molecule has 2 aromatic carbocycles. The van der Waals surface area contributed by atoms with Crippen molar-refractivity contribution in [3.8, 4) is 0 Å². The van der Waals surface area contributed by atoms with E-state index in [0.717, 1.165) is 34.1 Å². The number of amides is 1. The number of benzene rings is 2. The lowest BCUT2D eigenvalue weighted by molar-refractivity contribution is 0.0996. The summed E-state index contributed by atoms with van der Waals surface area (Å²) in [5.41, 5.74) is 4.40. The van der Waals surface area contributed by atoms with Crippen molar-refractivity contribution < 1.29 is 13.2 Å². The second kappa shape index (κ2) is 5.20. The smallest absolute Gasteiger partial charge is 0.258 e. The Labute approximate surface area is 146 Å². The Morgan fingerprint density at radius 1 is 1.04 bits per heavy atom. The number of aryl methyl sites for hydroxylation is 2. The number of anilines is 1. The molecule has 1 amide bonds. The molecule has 0 atom stereocenters. The van der Waals surface area contributed by atoms with Crippen LogP contribution in [0.3, 0.4) is 0 Å². The molecule has 0 N–H and O–H groups in total. The molecule has 0 saturated carbocycles. The van der Waals surface area contributed by atoms with Crippen LogP contribution >= 0.6 is 0 Å². The van der Waals surface area contributed by atoms with Gasteiger partial charge >= 0.3 is 0 Å². The Kier molecular flexibility index (Phi) is 3.30. The van der Waals surface area contributed by atoms with Crippen LogP contribution < -0.4 is 4.90 Å². The third-order valence-corrected chi connectivity index (χ3v) is 6.00. The molecule has 5 nitrogen and oxygen atoms in total. The van der Waals surface area contributed by atoms with Gasteiger partial charge in [-0.2, -0.15) is 0 Å². The van der Waals surface area contributed by atoms with Crippen molar-refractivity contribution in [1.29, 1.82) is 0 Å². The number of hydrogen-bond acceptors (Lipinski definition) is 3. The van der Waals surface area contributed by atoms with Crippen LogP contribution in [-0.2, 0) is 23.4 Å². The first-order chi connectivity index (χ1) is 11.8. The molecule has 6 heteroatoms. The van der Waals surface area contributed by atoms with E-state index in [1.54, 1.807) is 17.0 Å². The largest absolute Gasteiger partial charge is 0.348 e. The normalized spacial score (nSPS) is 14.4. The number of carbonyl (C=O) groups excluding carboxylic acids is 1. The number of rotatable bonds is 2. The van der Waals surface area contributed by atoms with Gasteiger partial charge in [0, 0.05) is 41.2 Å². The number of carbonyl (C=O) groups is 1. The van der Waals surface area contributed by atoms with Crippen molar-refractivity contribution in [3.05, 3.63) is 59.3 Å². The minimum Gasteiger partial charge on any atom is -0.348 e. The molecular weight excluding hydrogens is 336 g/mol. The van der Waals surface area contributed by atoms with Crippen molar-refractivity contribution in [2.45, 2.75) is 18.4 Å². The summed E-state index contributed by atoms with van der Waals surface area (Å²) in [5, 5.41) is 1.08. The van der Waals surface area contributed by atoms with Gasteiger partial charge in [-0.25, -0.2) is 8.42 Å². The number of fused-ring (bicyclic) bond motifs is 2. The minimum absolute atomic E-state index is 0.160. The lowest BCUT2D eigenvalue weighted by Crippen LogP contribution is -2.22. The third-order valence-electron chi connectivity index (χ3n) is 4.89. The van der Waals surface area contributed by atoms with E-state index in [4.69, 9.17) is 0 Å². The van der Waals surface area contributed by atoms with Crippen molar-refractivity contribution in [2.75, 3.05) is 11.2 Å². The summed E-state index contributed by atoms with van der Waals surface area (Å²) in [5.74, 6) is -0.160. The first-order valence-corrected chi connectivity index (χ1v) is 9.86. The quantitative estimate of drug-likeness (QED) is 0.711. The molecule has 0 radical (unpaired) electrons. The van der Waals surface area contributed by atoms with E-state index >= 15 is 0 Å². The van der Waals surface area contributed by atoms with Gasteiger partial charge in [0.1, 0.15) is 0 Å². The molecule has 1 aromatic heterocycles. The van der Waals surface area contributed by atoms with Gasteiger partial charge in [-0.3, -0.25) is 4.79 Å². The van der Waals surface area contributed by atoms with Gasteiger partial charge in [0.05, 0.1) is 11.4 Å². The molecule has 0 unspecified atom stereocenters. The maximum absolute atomic E-state index is 12.8. The zero-order valence-electron chi connectivity index (χ0n) is 14.3. The Bertz CT molecular complexity index is 1140. The SMILES string of the molecule is Cc1cc2cc(N3Cc4ccc(S(C)(=O)=O)cc4C3=O)ccc2n1C. The van der Waals surface area contributed by atoms with Crippen molar-refractivity contribution in [3.63, 3.8) is 0 Å². The highest BCUT2D eigenvalue weighted by atomic mass is 32.2. The van der Waals surface area contributed by atoms with Crippen molar-refractivity contribution >= 4 is 32.3 Å². The topological polar surface area (TPSA) is 59.4 Å². The molecule has 0 fully saturated rings. The lowest BCUT2D eigenvalue weighted by Gasteiger charge is -2.16. The van der Waals surface area contributed by atoms with Crippen LogP contribution in [0.1, 0.15) is 21.6 Å². The van der Waals surface area contributed by atoms with E-state index in [0.29, 0.717) is 12.1 Å². The minimum atomic E-state index is -3.33. The van der Waals surface area contributed by atoms with Gasteiger partial charge in [0.25, 0.3) is 5.91 Å². The van der Waals surface area contributed by atoms with Crippen LogP contribution in [0.25, 0.3) is 10.9 Å². The second-order valence-corrected chi connectivity index (χ2v) is 8.59. The summed E-state index contributed by atoms with van der Waals surface area (Å²) in [6.07, 6.45) is 1.15. The maximum atomic E-state index is 12.8. The molecule has 128 valence electrons. The molecule has 4 rings (SSSR count). The third kappa shape index (κ3) is 2.44. The first-order valence-electron chi connectivity index (χ1n) is 7.96. The van der Waals surface area contributed by atoms with E-state index in [9.17, 15) is 13.2 Å². The lowest BCUT2D eigenvalue weighted by atomic mass is 10.1. The van der Waals surface area contributed by atoms with E-state index in [1.165, 1.54) is 6.07 Å². The number of aromatic nitrogens is 1. The predicted octanol–water partition coefficient (Wildman–Crippen LogP) is 3.05. The van der Waals surface area contributed by atoms with Crippen LogP contribution in [0.4, 0.5) is 5.69 Å². The summed E-state index contributed by atoms with van der Waals surface area (Å²) in [4.78, 5) is 14.7. The van der Waals surface area contributed by atoms with Gasteiger partial charge in [-0.1, -0.05) is 6.07 Å². The summed E-state index contributed by atoms with van der Waals surface area (Å²) >= 11 is 0. The van der Waals surface area contributed by atoms with E-state index in [-0.39, 0.29) is 10.8 Å². The van der Waals surface area contributed by atoms with Gasteiger partial charge in [-0.05, 0) is 48.9 Å². The first kappa shape index (κ1) is 15.9. The molecular formula is C19H18N2O3S. The number of sulfone groups is 1. The monoisotopic (exact) mass is 354 g/mol. The van der Waals surface area contributed by atoms with Gasteiger partial charge in [0.15, 0.2) is 9.84 Å². The highest BCUT2D eigenvalue weighted by Gasteiger charge is 2.29. The average Bonchev–Trinajstić information content (AvgIpc) is 3.03. The van der Waals surface area contributed by atoms with E-state index in [1.807, 2.05) is 32.2 Å². The standard InChI is InChI=1S/C19H18N2O3S/c1-12-8-14-9-15(5-7-18(14)20(12)2)21-11-13-4-6-16(25(3,23)24)10-17(13)19(21)22/h4-10H,11H2,1-3H3. The molecule has 0 spiro atoms. The molecule has 3 aromatic rings. The number of nitrogens with zero attached hydrogens (tertiary/aromatic N) is 2. The molecule has 25 heavy (non-hydrogen) atoms. The average molecular weight is 354 g/mol. The molecule has 0 aliphatic carbocycles. The predicted molar refractivity (Wildman–Crippen MR) is 97.7 cm³/mol. The fourth-order valence-electron chi connectivity index (χ4n) is 3.36. The van der Waals surface area contributed by atoms with Crippen molar-refractivity contribution in [1.82, 2.24) is 4.57 Å². The summed E-state index contributed by atoms with van der Waals surface area (Å²) < 4.78 is 25.6. The van der Waals surface area contributed by atoms with Crippen LogP contribution in [-0.4, -0.2) is 25.1 Å². The Hall–Kier alpha value is -2.60. The highest BCUT2D eigenvalue weighted by Crippen LogP contribution is 2.32. The Balaban J connectivity index is 1.76. The van der Waals surface area contributed by atoms with Crippen LogP contribution in [0, 0.1) is 6.92 Å². The second-order valence-electron chi connectivity index (χ2n) is 6.57. The van der Waals surface area contributed by atoms with E-state index < -0.39 is 9.84 Å². The maximum Gasteiger partial charge on any atom is 0.258 e. The molecule has 0 saturated heterocycles. The highest BCUT2D eigenvalue weighted by molar-refractivity contribution is 7.90. The van der Waals surface area contributed by atoms with Crippen LogP contribution in [0.5, 0.6) is 0 Å². The van der Waals surface area contributed by atoms with Gasteiger partial charge in [0.2, 0.25) is 0 Å². The summed E-state index contributed by atoms with van der Waals surface area (Å²) in [6.45, 7) is 2.50. The van der Waals surface area contributed by atoms with Crippen LogP contribution in [0.2, 0.25) is 0 Å². The van der Waals surface area contributed by atoms with Crippen LogP contribution in [0.15, 0.2) is 47.4 Å². The fraction of sp³-hybridized carbons (Fsp3) is 0.211. The molecule has 1 aliphatic rings. The van der Waals surface area contributed by atoms with E-state index in [2.05, 4.69) is 10.6 Å². The molecule has 2 heterocycles. The zero-order chi connectivity index (χ0) is 17.9. The Morgan fingerprint density at radius 2 is 1.80 bits per heavy atom. The fourth-order valence-corrected chi connectivity index (χ4v) is 4.01. The Morgan fingerprint density at radius 3 is 2.52 bits per heavy atom.